The zero-order chi connectivity index (χ0) is 28.0. The zero-order valence-electron chi connectivity index (χ0n) is 20.8. The van der Waals surface area contributed by atoms with E-state index < -0.39 is 53.7 Å². The number of benzene rings is 1. The number of likely N-dealkylation sites (tertiary alicyclic amines) is 1. The predicted molar refractivity (Wildman–Crippen MR) is 133 cm³/mol. The Balaban J connectivity index is 1.83. The SMILES string of the molecule is CC(C)[C@H](NC(=O)C1CCCN1C(=O)C(Cc1cccc(Cl)c1)NC(=O)c1ccccn1)C(=O)C(F)(F)F. The third-order valence-corrected chi connectivity index (χ3v) is 6.43. The first-order chi connectivity index (χ1) is 17.9. The number of nitrogens with one attached hydrogen (secondary N) is 2. The van der Waals surface area contributed by atoms with Crippen LogP contribution in [0.15, 0.2) is 48.7 Å². The molecule has 3 amide bonds. The number of Topliss-reactive ketones (excluding diaryl/α,β-unsaturated/α-hetero) is 1. The molecule has 204 valence electrons. The van der Waals surface area contributed by atoms with E-state index in [1.54, 1.807) is 36.4 Å². The second kappa shape index (κ2) is 12.4. The molecular formula is C26H28ClF3N4O4. The molecule has 0 spiro atoms. The molecule has 1 aromatic carbocycles. The molecule has 12 heteroatoms. The van der Waals surface area contributed by atoms with Crippen LogP contribution in [0.5, 0.6) is 0 Å². The van der Waals surface area contributed by atoms with E-state index in [9.17, 15) is 32.3 Å². The number of carbonyl (C=O) groups is 4. The van der Waals surface area contributed by atoms with Crippen LogP contribution in [0.3, 0.4) is 0 Å². The van der Waals surface area contributed by atoms with E-state index in [0.717, 1.165) is 0 Å². The van der Waals surface area contributed by atoms with Crippen LogP contribution in [0, 0.1) is 5.92 Å². The lowest BCUT2D eigenvalue weighted by Crippen LogP contribution is -2.57. The monoisotopic (exact) mass is 552 g/mol. The van der Waals surface area contributed by atoms with Crippen LogP contribution in [0.4, 0.5) is 13.2 Å². The molecule has 3 atom stereocenters. The minimum absolute atomic E-state index is 0.0456. The fourth-order valence-corrected chi connectivity index (χ4v) is 4.51. The van der Waals surface area contributed by atoms with Crippen molar-refractivity contribution in [1.82, 2.24) is 20.5 Å². The molecule has 2 heterocycles. The van der Waals surface area contributed by atoms with Crippen LogP contribution >= 0.6 is 11.6 Å². The van der Waals surface area contributed by atoms with Gasteiger partial charge < -0.3 is 15.5 Å². The number of pyridine rings is 1. The standard InChI is InChI=1S/C26H28ClF3N4O4/c1-15(2)21(22(35)26(28,29)30)33-24(37)20-10-6-12-34(20)25(38)19(14-16-7-5-8-17(27)13-16)32-23(36)18-9-3-4-11-31-18/h3-5,7-9,11,13,15,19-21H,6,10,12,14H2,1-2H3,(H,32,36)(H,33,37)/t19?,20?,21-/m0/s1. The van der Waals surface area contributed by atoms with Gasteiger partial charge in [0.2, 0.25) is 11.8 Å². The van der Waals surface area contributed by atoms with E-state index >= 15 is 0 Å². The molecule has 2 unspecified atom stereocenters. The summed E-state index contributed by atoms with van der Waals surface area (Å²) in [5, 5.41) is 5.29. The van der Waals surface area contributed by atoms with Gasteiger partial charge in [-0.3, -0.25) is 24.2 Å². The number of halogens is 4. The number of aromatic nitrogens is 1. The summed E-state index contributed by atoms with van der Waals surface area (Å²) in [5.41, 5.74) is 0.727. The molecule has 1 fully saturated rings. The van der Waals surface area contributed by atoms with E-state index in [1.165, 1.54) is 31.0 Å². The number of hydrogen-bond donors (Lipinski definition) is 2. The smallest absolute Gasteiger partial charge is 0.344 e. The van der Waals surface area contributed by atoms with Gasteiger partial charge >= 0.3 is 6.18 Å². The van der Waals surface area contributed by atoms with Crippen molar-refractivity contribution in [2.75, 3.05) is 6.54 Å². The molecule has 38 heavy (non-hydrogen) atoms. The van der Waals surface area contributed by atoms with Crippen molar-refractivity contribution in [1.29, 1.82) is 0 Å². The number of hydrogen-bond acceptors (Lipinski definition) is 5. The second-order valence-corrected chi connectivity index (χ2v) is 9.79. The van der Waals surface area contributed by atoms with E-state index in [4.69, 9.17) is 11.6 Å². The van der Waals surface area contributed by atoms with Crippen molar-refractivity contribution < 1.29 is 32.3 Å². The Kier molecular flexibility index (Phi) is 9.48. The summed E-state index contributed by atoms with van der Waals surface area (Å²) in [7, 11) is 0. The maximum Gasteiger partial charge on any atom is 0.452 e. The molecular weight excluding hydrogens is 525 g/mol. The lowest BCUT2D eigenvalue weighted by atomic mass is 9.98. The predicted octanol–water partition coefficient (Wildman–Crippen LogP) is 3.34. The van der Waals surface area contributed by atoms with Crippen LogP contribution < -0.4 is 10.6 Å². The van der Waals surface area contributed by atoms with Gasteiger partial charge in [0, 0.05) is 24.2 Å². The first-order valence-corrected chi connectivity index (χ1v) is 12.4. The molecule has 3 rings (SSSR count). The fraction of sp³-hybridized carbons (Fsp3) is 0.423. The highest BCUT2D eigenvalue weighted by Gasteiger charge is 2.46. The Morgan fingerprint density at radius 2 is 1.84 bits per heavy atom. The van der Waals surface area contributed by atoms with Crippen LogP contribution in [-0.2, 0) is 20.8 Å². The van der Waals surface area contributed by atoms with Crippen LogP contribution in [-0.4, -0.2) is 64.2 Å². The van der Waals surface area contributed by atoms with Gasteiger partial charge in [0.25, 0.3) is 11.7 Å². The maximum absolute atomic E-state index is 13.7. The Bertz CT molecular complexity index is 1180. The highest BCUT2D eigenvalue weighted by molar-refractivity contribution is 6.30. The molecule has 0 saturated carbocycles. The van der Waals surface area contributed by atoms with Gasteiger partial charge in [0.15, 0.2) is 0 Å². The topological polar surface area (TPSA) is 108 Å². The highest BCUT2D eigenvalue weighted by atomic mass is 35.5. The summed E-state index contributed by atoms with van der Waals surface area (Å²) < 4.78 is 39.2. The molecule has 1 aliphatic heterocycles. The molecule has 0 radical (unpaired) electrons. The summed E-state index contributed by atoms with van der Waals surface area (Å²) >= 11 is 6.08. The summed E-state index contributed by atoms with van der Waals surface area (Å²) in [6, 6.07) is 7.43. The Morgan fingerprint density at radius 1 is 1.11 bits per heavy atom. The van der Waals surface area contributed by atoms with Crippen molar-refractivity contribution in [2.24, 2.45) is 5.92 Å². The van der Waals surface area contributed by atoms with Crippen molar-refractivity contribution in [2.45, 2.75) is 57.4 Å². The fourth-order valence-electron chi connectivity index (χ4n) is 4.29. The Hall–Kier alpha value is -3.47. The van der Waals surface area contributed by atoms with Gasteiger partial charge in [-0.1, -0.05) is 43.6 Å². The van der Waals surface area contributed by atoms with Gasteiger partial charge in [-0.15, -0.1) is 0 Å². The minimum Gasteiger partial charge on any atom is -0.344 e. The van der Waals surface area contributed by atoms with Gasteiger partial charge in [-0.25, -0.2) is 0 Å². The lowest BCUT2D eigenvalue weighted by Gasteiger charge is -2.30. The van der Waals surface area contributed by atoms with Gasteiger partial charge in [0.1, 0.15) is 17.8 Å². The van der Waals surface area contributed by atoms with Gasteiger partial charge in [0.05, 0.1) is 6.04 Å². The average Bonchev–Trinajstić information content (AvgIpc) is 3.36. The molecule has 0 aliphatic carbocycles. The van der Waals surface area contributed by atoms with E-state index in [0.29, 0.717) is 17.0 Å². The quantitative estimate of drug-likeness (QED) is 0.496. The van der Waals surface area contributed by atoms with E-state index in [2.05, 4.69) is 15.6 Å². The minimum atomic E-state index is -5.12. The largest absolute Gasteiger partial charge is 0.452 e. The van der Waals surface area contributed by atoms with Crippen LogP contribution in [0.25, 0.3) is 0 Å². The molecule has 2 aromatic rings. The number of rotatable bonds is 9. The normalized spacial score (nSPS) is 17.1. The first kappa shape index (κ1) is 29.1. The molecule has 1 saturated heterocycles. The number of nitrogens with zero attached hydrogens (tertiary/aromatic N) is 2. The molecule has 1 aromatic heterocycles. The number of amides is 3. The Labute approximate surface area is 222 Å². The first-order valence-electron chi connectivity index (χ1n) is 12.1. The van der Waals surface area contributed by atoms with Crippen LogP contribution in [0.2, 0.25) is 5.02 Å². The molecule has 1 aliphatic rings. The number of ketones is 1. The third kappa shape index (κ3) is 7.31. The molecule has 0 bridgehead atoms. The summed E-state index contributed by atoms with van der Waals surface area (Å²) in [6.45, 7) is 2.93. The lowest BCUT2D eigenvalue weighted by molar-refractivity contribution is -0.175. The molecule has 8 nitrogen and oxygen atoms in total. The maximum atomic E-state index is 13.7. The van der Waals surface area contributed by atoms with Crippen molar-refractivity contribution in [3.8, 4) is 0 Å². The summed E-state index contributed by atoms with van der Waals surface area (Å²) in [6.07, 6.45) is -3.03. The van der Waals surface area contributed by atoms with Crippen molar-refractivity contribution in [3.05, 3.63) is 64.9 Å². The number of alkyl halides is 3. The van der Waals surface area contributed by atoms with Crippen LogP contribution in [0.1, 0.15) is 42.7 Å². The van der Waals surface area contributed by atoms with Crippen molar-refractivity contribution >= 4 is 35.1 Å². The molecule has 2 N–H and O–H groups in total. The van der Waals surface area contributed by atoms with Crippen molar-refractivity contribution in [3.63, 3.8) is 0 Å². The number of carbonyl (C=O) groups excluding carboxylic acids is 4. The highest BCUT2D eigenvalue weighted by Crippen LogP contribution is 2.24. The van der Waals surface area contributed by atoms with Gasteiger partial charge in [-0.2, -0.15) is 13.2 Å². The third-order valence-electron chi connectivity index (χ3n) is 6.19. The zero-order valence-corrected chi connectivity index (χ0v) is 21.6. The second-order valence-electron chi connectivity index (χ2n) is 9.36. The van der Waals surface area contributed by atoms with Gasteiger partial charge in [-0.05, 0) is 48.6 Å². The van der Waals surface area contributed by atoms with E-state index in [-0.39, 0.29) is 25.1 Å². The summed E-state index contributed by atoms with van der Waals surface area (Å²) in [5.74, 6) is -4.94. The average molecular weight is 553 g/mol. The van der Waals surface area contributed by atoms with E-state index in [1.807, 2.05) is 0 Å². The Morgan fingerprint density at radius 3 is 2.45 bits per heavy atom. The summed E-state index contributed by atoms with van der Waals surface area (Å²) in [4.78, 5) is 56.6.